The Morgan fingerprint density at radius 3 is 2.28 bits per heavy atom. The monoisotopic (exact) mass is 424 g/mol. The molecule has 156 valence electrons. The summed E-state index contributed by atoms with van der Waals surface area (Å²) in [6, 6.07) is 3.95. The second-order valence-corrected chi connectivity index (χ2v) is 9.51. The summed E-state index contributed by atoms with van der Waals surface area (Å²) < 4.78 is 38.1. The standard InChI is InChI=1S/C21H23F3N2O2S/c1-20(2,3)13-8-9-14-15(10-13)29-19(16(14)17(25)27)26-18(28)11-4-6-12(7-5-11)21(22,23)24/h4-7,13H,8-10H2,1-3H3,(H2,25,27)(H,26,28). The number of hydrogen-bond acceptors (Lipinski definition) is 3. The lowest BCUT2D eigenvalue weighted by Gasteiger charge is -2.33. The lowest BCUT2D eigenvalue weighted by Crippen LogP contribution is -2.27. The molecule has 0 fully saturated rings. The van der Waals surface area contributed by atoms with Gasteiger partial charge in [-0.25, -0.2) is 0 Å². The average Bonchev–Trinajstić information content (AvgIpc) is 2.97. The first-order chi connectivity index (χ1) is 13.4. The molecule has 29 heavy (non-hydrogen) atoms. The van der Waals surface area contributed by atoms with E-state index in [1.54, 1.807) is 0 Å². The van der Waals surface area contributed by atoms with E-state index in [1.165, 1.54) is 11.3 Å². The fraction of sp³-hybridized carbons (Fsp3) is 0.429. The first kappa shape index (κ1) is 21.4. The average molecular weight is 424 g/mol. The number of primary amides is 1. The van der Waals surface area contributed by atoms with Crippen molar-refractivity contribution in [3.05, 3.63) is 51.4 Å². The molecule has 1 aliphatic rings. The lowest BCUT2D eigenvalue weighted by molar-refractivity contribution is -0.137. The van der Waals surface area contributed by atoms with Crippen LogP contribution in [0.3, 0.4) is 0 Å². The number of nitrogens with one attached hydrogen (secondary N) is 1. The van der Waals surface area contributed by atoms with Crippen LogP contribution in [0, 0.1) is 11.3 Å². The summed E-state index contributed by atoms with van der Waals surface area (Å²) >= 11 is 1.33. The number of thiophene rings is 1. The predicted octanol–water partition coefficient (Wildman–Crippen LogP) is 5.27. The molecular weight excluding hydrogens is 401 g/mol. The molecule has 8 heteroatoms. The Morgan fingerprint density at radius 2 is 1.76 bits per heavy atom. The van der Waals surface area contributed by atoms with Gasteiger partial charge in [0.15, 0.2) is 0 Å². The SMILES string of the molecule is CC(C)(C)C1CCc2c(sc(NC(=O)c3ccc(C(F)(F)F)cc3)c2C(N)=O)C1. The zero-order valence-electron chi connectivity index (χ0n) is 16.4. The van der Waals surface area contributed by atoms with E-state index in [1.807, 2.05) is 0 Å². The molecule has 1 aromatic heterocycles. The Morgan fingerprint density at radius 1 is 1.14 bits per heavy atom. The molecule has 2 aromatic rings. The van der Waals surface area contributed by atoms with E-state index < -0.39 is 23.6 Å². The van der Waals surface area contributed by atoms with Crippen molar-refractivity contribution >= 4 is 28.2 Å². The van der Waals surface area contributed by atoms with Gasteiger partial charge in [0.2, 0.25) is 0 Å². The number of anilines is 1. The minimum absolute atomic E-state index is 0.0763. The third-order valence-electron chi connectivity index (χ3n) is 5.44. The fourth-order valence-corrected chi connectivity index (χ4v) is 4.99. The molecule has 1 aliphatic carbocycles. The van der Waals surface area contributed by atoms with E-state index in [-0.39, 0.29) is 11.0 Å². The van der Waals surface area contributed by atoms with E-state index in [9.17, 15) is 22.8 Å². The highest BCUT2D eigenvalue weighted by Crippen LogP contribution is 2.44. The van der Waals surface area contributed by atoms with E-state index >= 15 is 0 Å². The maximum atomic E-state index is 12.7. The second kappa shape index (κ2) is 7.48. The molecule has 0 aliphatic heterocycles. The van der Waals surface area contributed by atoms with Crippen LogP contribution in [0.15, 0.2) is 24.3 Å². The van der Waals surface area contributed by atoms with E-state index in [2.05, 4.69) is 26.1 Å². The number of carbonyl (C=O) groups excluding carboxylic acids is 2. The highest BCUT2D eigenvalue weighted by molar-refractivity contribution is 7.17. The van der Waals surface area contributed by atoms with Crippen LogP contribution in [-0.2, 0) is 19.0 Å². The molecule has 0 spiro atoms. The number of carbonyl (C=O) groups is 2. The van der Waals surface area contributed by atoms with Crippen molar-refractivity contribution in [1.82, 2.24) is 0 Å². The van der Waals surface area contributed by atoms with Gasteiger partial charge in [0.05, 0.1) is 11.1 Å². The van der Waals surface area contributed by atoms with Crippen LogP contribution in [0.4, 0.5) is 18.2 Å². The summed E-state index contributed by atoms with van der Waals surface area (Å²) in [6.07, 6.45) is -2.02. The van der Waals surface area contributed by atoms with Crippen LogP contribution >= 0.6 is 11.3 Å². The van der Waals surface area contributed by atoms with Crippen molar-refractivity contribution in [3.8, 4) is 0 Å². The molecular formula is C21H23F3N2O2S. The second-order valence-electron chi connectivity index (χ2n) is 8.41. The molecule has 3 rings (SSSR count). The summed E-state index contributed by atoms with van der Waals surface area (Å²) in [5, 5.41) is 3.04. The molecule has 1 atom stereocenters. The van der Waals surface area contributed by atoms with Gasteiger partial charge in [-0.2, -0.15) is 13.2 Å². The highest BCUT2D eigenvalue weighted by Gasteiger charge is 2.34. The molecule has 0 radical (unpaired) electrons. The zero-order chi connectivity index (χ0) is 21.6. The van der Waals surface area contributed by atoms with Gasteiger partial charge in [-0.1, -0.05) is 20.8 Å². The van der Waals surface area contributed by atoms with Crippen LogP contribution in [-0.4, -0.2) is 11.8 Å². The number of halogens is 3. The minimum atomic E-state index is -4.47. The largest absolute Gasteiger partial charge is 0.416 e. The lowest BCUT2D eigenvalue weighted by atomic mass is 9.72. The van der Waals surface area contributed by atoms with E-state index in [0.717, 1.165) is 47.5 Å². The predicted molar refractivity (Wildman–Crippen MR) is 107 cm³/mol. The molecule has 0 saturated heterocycles. The number of rotatable bonds is 3. The molecule has 0 bridgehead atoms. The number of amides is 2. The highest BCUT2D eigenvalue weighted by atomic mass is 32.1. The van der Waals surface area contributed by atoms with Crippen molar-refractivity contribution < 1.29 is 22.8 Å². The van der Waals surface area contributed by atoms with Gasteiger partial charge in [-0.15, -0.1) is 11.3 Å². The number of nitrogens with two attached hydrogens (primary N) is 1. The van der Waals surface area contributed by atoms with Crippen LogP contribution in [0.1, 0.15) is 63.9 Å². The van der Waals surface area contributed by atoms with E-state index in [0.29, 0.717) is 22.9 Å². The Kier molecular flexibility index (Phi) is 5.51. The van der Waals surface area contributed by atoms with Crippen molar-refractivity contribution in [3.63, 3.8) is 0 Å². The van der Waals surface area contributed by atoms with Gasteiger partial charge in [0.1, 0.15) is 5.00 Å². The summed E-state index contributed by atoms with van der Waals surface area (Å²) in [5.74, 6) is -0.737. The van der Waals surface area contributed by atoms with Gasteiger partial charge in [0, 0.05) is 10.4 Å². The normalized spacial score (nSPS) is 17.0. The quantitative estimate of drug-likeness (QED) is 0.705. The number of fused-ring (bicyclic) bond motifs is 1. The van der Waals surface area contributed by atoms with E-state index in [4.69, 9.17) is 5.73 Å². The first-order valence-electron chi connectivity index (χ1n) is 9.31. The zero-order valence-corrected chi connectivity index (χ0v) is 17.3. The summed E-state index contributed by atoms with van der Waals surface area (Å²) in [7, 11) is 0. The van der Waals surface area contributed by atoms with Gasteiger partial charge in [-0.05, 0) is 60.4 Å². The maximum absolute atomic E-state index is 12.7. The van der Waals surface area contributed by atoms with Gasteiger partial charge >= 0.3 is 6.18 Å². The molecule has 0 saturated carbocycles. The van der Waals surface area contributed by atoms with Gasteiger partial charge in [-0.3, -0.25) is 9.59 Å². The number of benzene rings is 1. The number of alkyl halides is 3. The fourth-order valence-electron chi connectivity index (χ4n) is 3.66. The smallest absolute Gasteiger partial charge is 0.365 e. The molecule has 4 nitrogen and oxygen atoms in total. The molecule has 3 N–H and O–H groups in total. The van der Waals surface area contributed by atoms with Crippen molar-refractivity contribution in [2.45, 2.75) is 46.2 Å². The molecule has 2 amide bonds. The maximum Gasteiger partial charge on any atom is 0.416 e. The Balaban J connectivity index is 1.87. The summed E-state index contributed by atoms with van der Waals surface area (Å²) in [5.41, 5.74) is 6.15. The van der Waals surface area contributed by atoms with Crippen molar-refractivity contribution in [2.24, 2.45) is 17.1 Å². The van der Waals surface area contributed by atoms with Crippen LogP contribution in [0.2, 0.25) is 0 Å². The van der Waals surface area contributed by atoms with Gasteiger partial charge in [0.25, 0.3) is 11.8 Å². The Bertz CT molecular complexity index is 941. The van der Waals surface area contributed by atoms with Crippen LogP contribution in [0.5, 0.6) is 0 Å². The summed E-state index contributed by atoms with van der Waals surface area (Å²) in [4.78, 5) is 25.6. The van der Waals surface area contributed by atoms with Crippen LogP contribution < -0.4 is 11.1 Å². The minimum Gasteiger partial charge on any atom is -0.365 e. The van der Waals surface area contributed by atoms with Gasteiger partial charge < -0.3 is 11.1 Å². The first-order valence-corrected chi connectivity index (χ1v) is 10.1. The topological polar surface area (TPSA) is 72.2 Å². The molecule has 1 aromatic carbocycles. The van der Waals surface area contributed by atoms with Crippen molar-refractivity contribution in [1.29, 1.82) is 0 Å². The Labute approximate surface area is 171 Å². The van der Waals surface area contributed by atoms with Crippen LogP contribution in [0.25, 0.3) is 0 Å². The summed E-state index contributed by atoms with van der Waals surface area (Å²) in [6.45, 7) is 6.54. The molecule has 1 heterocycles. The Hall–Kier alpha value is -2.35. The molecule has 1 unspecified atom stereocenters. The number of hydrogen-bond donors (Lipinski definition) is 2. The third kappa shape index (κ3) is 4.47. The third-order valence-corrected chi connectivity index (χ3v) is 6.61. The van der Waals surface area contributed by atoms with Crippen molar-refractivity contribution in [2.75, 3.05) is 5.32 Å².